The Balaban J connectivity index is 1.69. The number of nitrogens with zero attached hydrogens (tertiary/aromatic N) is 1. The van der Waals surface area contributed by atoms with E-state index < -0.39 is 0 Å². The first-order valence-corrected chi connectivity index (χ1v) is 7.19. The van der Waals surface area contributed by atoms with Gasteiger partial charge in [-0.3, -0.25) is 4.90 Å². The molecule has 2 aliphatic rings. The van der Waals surface area contributed by atoms with E-state index in [1.807, 2.05) is 0 Å². The molecule has 2 nitrogen and oxygen atoms in total. The highest BCUT2D eigenvalue weighted by Gasteiger charge is 2.30. The molecule has 3 atom stereocenters. The molecule has 94 valence electrons. The van der Waals surface area contributed by atoms with Crippen LogP contribution in [-0.2, 0) is 0 Å². The second-order valence-electron chi connectivity index (χ2n) is 6.02. The van der Waals surface area contributed by atoms with Crippen molar-refractivity contribution >= 4 is 0 Å². The van der Waals surface area contributed by atoms with Crippen LogP contribution in [0.15, 0.2) is 0 Å². The lowest BCUT2D eigenvalue weighted by molar-refractivity contribution is 0.217. The molecule has 0 aromatic carbocycles. The average Bonchev–Trinajstić information content (AvgIpc) is 2.94. The third kappa shape index (κ3) is 3.46. The Hall–Kier alpha value is -0.0800. The van der Waals surface area contributed by atoms with Crippen molar-refractivity contribution in [1.29, 1.82) is 0 Å². The van der Waals surface area contributed by atoms with Crippen LogP contribution in [0.1, 0.15) is 52.9 Å². The van der Waals surface area contributed by atoms with E-state index in [0.29, 0.717) is 0 Å². The first-order chi connectivity index (χ1) is 7.69. The van der Waals surface area contributed by atoms with E-state index in [1.54, 1.807) is 0 Å². The van der Waals surface area contributed by atoms with Gasteiger partial charge < -0.3 is 5.32 Å². The summed E-state index contributed by atoms with van der Waals surface area (Å²) in [5.41, 5.74) is 0. The predicted molar refractivity (Wildman–Crippen MR) is 69.7 cm³/mol. The van der Waals surface area contributed by atoms with Crippen LogP contribution in [-0.4, -0.2) is 36.1 Å². The van der Waals surface area contributed by atoms with Gasteiger partial charge in [-0.2, -0.15) is 0 Å². The van der Waals surface area contributed by atoms with Gasteiger partial charge >= 0.3 is 0 Å². The molecule has 0 spiro atoms. The van der Waals surface area contributed by atoms with Gasteiger partial charge in [0.25, 0.3) is 0 Å². The Morgan fingerprint density at radius 2 is 1.94 bits per heavy atom. The molecule has 16 heavy (non-hydrogen) atoms. The van der Waals surface area contributed by atoms with Gasteiger partial charge in [0.1, 0.15) is 0 Å². The standard InChI is InChI=1S/C14H28N2/c1-4-11(2)9-12(3)16-8-7-14(10-16)15-13-5-6-13/h11-15H,4-10H2,1-3H3. The van der Waals surface area contributed by atoms with E-state index >= 15 is 0 Å². The van der Waals surface area contributed by atoms with Crippen molar-refractivity contribution in [1.82, 2.24) is 10.2 Å². The molecule has 1 saturated heterocycles. The maximum absolute atomic E-state index is 3.76. The summed E-state index contributed by atoms with van der Waals surface area (Å²) in [4.78, 5) is 2.69. The fourth-order valence-electron chi connectivity index (χ4n) is 2.81. The van der Waals surface area contributed by atoms with Crippen LogP contribution >= 0.6 is 0 Å². The molecule has 0 radical (unpaired) electrons. The topological polar surface area (TPSA) is 15.3 Å². The lowest BCUT2D eigenvalue weighted by Crippen LogP contribution is -2.37. The monoisotopic (exact) mass is 224 g/mol. The van der Waals surface area contributed by atoms with Gasteiger partial charge in [-0.1, -0.05) is 20.3 Å². The summed E-state index contributed by atoms with van der Waals surface area (Å²) >= 11 is 0. The maximum atomic E-state index is 3.76. The molecular formula is C14H28N2. The minimum atomic E-state index is 0.779. The van der Waals surface area contributed by atoms with E-state index in [2.05, 4.69) is 31.0 Å². The van der Waals surface area contributed by atoms with Crippen LogP contribution in [0.4, 0.5) is 0 Å². The van der Waals surface area contributed by atoms with E-state index in [0.717, 1.165) is 24.0 Å². The van der Waals surface area contributed by atoms with E-state index in [-0.39, 0.29) is 0 Å². The highest BCUT2D eigenvalue weighted by molar-refractivity contribution is 4.90. The van der Waals surface area contributed by atoms with E-state index in [4.69, 9.17) is 0 Å². The predicted octanol–water partition coefficient (Wildman–Crippen LogP) is 2.64. The van der Waals surface area contributed by atoms with Gasteiger partial charge in [-0.15, -0.1) is 0 Å². The fourth-order valence-corrected chi connectivity index (χ4v) is 2.81. The second-order valence-corrected chi connectivity index (χ2v) is 6.02. The van der Waals surface area contributed by atoms with Gasteiger partial charge in [-0.25, -0.2) is 0 Å². The summed E-state index contributed by atoms with van der Waals surface area (Å²) in [6.07, 6.45) is 6.88. The molecule has 3 unspecified atom stereocenters. The first-order valence-electron chi connectivity index (χ1n) is 7.19. The third-order valence-electron chi connectivity index (χ3n) is 4.33. The minimum absolute atomic E-state index is 0.779. The van der Waals surface area contributed by atoms with Crippen LogP contribution in [0.3, 0.4) is 0 Å². The molecule has 0 aromatic rings. The van der Waals surface area contributed by atoms with Crippen LogP contribution in [0.2, 0.25) is 0 Å². The molecule has 2 rings (SSSR count). The molecule has 1 N–H and O–H groups in total. The van der Waals surface area contributed by atoms with Gasteiger partial charge in [0, 0.05) is 31.2 Å². The largest absolute Gasteiger partial charge is 0.310 e. The molecule has 1 saturated carbocycles. The zero-order chi connectivity index (χ0) is 11.5. The molecule has 2 heteroatoms. The van der Waals surface area contributed by atoms with Crippen molar-refractivity contribution < 1.29 is 0 Å². The summed E-state index contributed by atoms with van der Waals surface area (Å²) in [7, 11) is 0. The second kappa shape index (κ2) is 5.50. The lowest BCUT2D eigenvalue weighted by Gasteiger charge is -2.26. The van der Waals surface area contributed by atoms with Gasteiger partial charge in [0.15, 0.2) is 0 Å². The molecule has 0 bridgehead atoms. The van der Waals surface area contributed by atoms with Crippen molar-refractivity contribution in [3.8, 4) is 0 Å². The number of hydrogen-bond donors (Lipinski definition) is 1. The Labute approximate surface area is 101 Å². The third-order valence-corrected chi connectivity index (χ3v) is 4.33. The Kier molecular flexibility index (Phi) is 4.26. The van der Waals surface area contributed by atoms with Crippen LogP contribution < -0.4 is 5.32 Å². The molecular weight excluding hydrogens is 196 g/mol. The Morgan fingerprint density at radius 1 is 1.19 bits per heavy atom. The van der Waals surface area contributed by atoms with Crippen LogP contribution in [0.5, 0.6) is 0 Å². The summed E-state index contributed by atoms with van der Waals surface area (Å²) in [6, 6.07) is 2.43. The molecule has 1 aliphatic heterocycles. The molecule has 2 fully saturated rings. The number of hydrogen-bond acceptors (Lipinski definition) is 2. The van der Waals surface area contributed by atoms with Crippen molar-refractivity contribution in [3.63, 3.8) is 0 Å². The van der Waals surface area contributed by atoms with Gasteiger partial charge in [0.05, 0.1) is 0 Å². The maximum Gasteiger partial charge on any atom is 0.0209 e. The highest BCUT2D eigenvalue weighted by atomic mass is 15.2. The summed E-state index contributed by atoms with van der Waals surface area (Å²) in [6.45, 7) is 9.69. The molecule has 1 heterocycles. The minimum Gasteiger partial charge on any atom is -0.310 e. The van der Waals surface area contributed by atoms with Crippen LogP contribution in [0, 0.1) is 5.92 Å². The van der Waals surface area contributed by atoms with Gasteiger partial charge in [0.2, 0.25) is 0 Å². The Morgan fingerprint density at radius 3 is 2.56 bits per heavy atom. The molecule has 1 aliphatic carbocycles. The normalized spacial score (nSPS) is 30.6. The van der Waals surface area contributed by atoms with Crippen molar-refractivity contribution in [2.24, 2.45) is 5.92 Å². The number of rotatable bonds is 6. The smallest absolute Gasteiger partial charge is 0.0209 e. The summed E-state index contributed by atoms with van der Waals surface area (Å²) < 4.78 is 0. The summed E-state index contributed by atoms with van der Waals surface area (Å²) in [5, 5.41) is 3.76. The fraction of sp³-hybridized carbons (Fsp3) is 1.00. The number of nitrogens with one attached hydrogen (secondary N) is 1. The molecule has 0 amide bonds. The lowest BCUT2D eigenvalue weighted by atomic mass is 10.00. The SMILES string of the molecule is CCC(C)CC(C)N1CCC(NC2CC2)C1. The highest BCUT2D eigenvalue weighted by Crippen LogP contribution is 2.24. The quantitative estimate of drug-likeness (QED) is 0.746. The van der Waals surface area contributed by atoms with Crippen molar-refractivity contribution in [2.45, 2.75) is 71.0 Å². The molecule has 0 aromatic heterocycles. The van der Waals surface area contributed by atoms with Crippen LogP contribution in [0.25, 0.3) is 0 Å². The number of likely N-dealkylation sites (tertiary alicyclic amines) is 1. The zero-order valence-corrected chi connectivity index (χ0v) is 11.2. The van der Waals surface area contributed by atoms with E-state index in [9.17, 15) is 0 Å². The zero-order valence-electron chi connectivity index (χ0n) is 11.2. The summed E-state index contributed by atoms with van der Waals surface area (Å²) in [5.74, 6) is 0.880. The van der Waals surface area contributed by atoms with Crippen molar-refractivity contribution in [3.05, 3.63) is 0 Å². The van der Waals surface area contributed by atoms with Gasteiger partial charge in [-0.05, 0) is 38.5 Å². The average molecular weight is 224 g/mol. The Bertz CT molecular complexity index is 213. The van der Waals surface area contributed by atoms with E-state index in [1.165, 1.54) is 45.2 Å². The van der Waals surface area contributed by atoms with Crippen molar-refractivity contribution in [2.75, 3.05) is 13.1 Å². The first kappa shape index (κ1) is 12.4.